The van der Waals surface area contributed by atoms with Crippen molar-refractivity contribution >= 4 is 79.0 Å². The minimum atomic E-state index is -6.18. The van der Waals surface area contributed by atoms with E-state index in [2.05, 4.69) is 45.2 Å². The Morgan fingerprint density at radius 2 is 2.00 bits per heavy atom. The second-order valence-electron chi connectivity index (χ2n) is 7.72. The molecule has 8 nitrogen and oxygen atoms in total. The first-order valence-corrected chi connectivity index (χ1v) is 14.0. The van der Waals surface area contributed by atoms with Crippen molar-refractivity contribution in [3.63, 3.8) is 0 Å². The first-order chi connectivity index (χ1) is 15.2. The molecule has 33 heavy (non-hydrogen) atoms. The zero-order valence-electron chi connectivity index (χ0n) is 16.3. The fourth-order valence-electron chi connectivity index (χ4n) is 3.98. The maximum atomic E-state index is 13.5. The summed E-state index contributed by atoms with van der Waals surface area (Å²) >= 11 is 5.60. The number of halogens is 5. The second-order valence-corrected chi connectivity index (χ2v) is 12.9. The maximum Gasteiger partial charge on any atom is 0.364 e. The highest BCUT2D eigenvalue weighted by Gasteiger charge is 2.64. The summed E-state index contributed by atoms with van der Waals surface area (Å²) in [6.45, 7) is -0.815. The summed E-state index contributed by atoms with van der Waals surface area (Å²) in [5.41, 5.74) is 0.312. The Morgan fingerprint density at radius 3 is 2.61 bits per heavy atom. The predicted molar refractivity (Wildman–Crippen MR) is 124 cm³/mol. The Morgan fingerprint density at radius 1 is 1.33 bits per heavy atom. The zero-order chi connectivity index (χ0) is 24.3. The molecule has 3 heterocycles. The Bertz CT molecular complexity index is 1120. The molecule has 2 fully saturated rings. The molecule has 0 radical (unpaired) electrons. The average Bonchev–Trinajstić information content (AvgIpc) is 3.26. The topological polar surface area (TPSA) is 119 Å². The van der Waals surface area contributed by atoms with Crippen LogP contribution in [0.4, 0.5) is 13.2 Å². The van der Waals surface area contributed by atoms with Crippen LogP contribution in [-0.4, -0.2) is 59.2 Å². The van der Waals surface area contributed by atoms with Crippen LogP contribution in [0.2, 0.25) is 0 Å². The van der Waals surface area contributed by atoms with Crippen LogP contribution in [0.15, 0.2) is 12.1 Å². The molecule has 0 aliphatic carbocycles. The van der Waals surface area contributed by atoms with E-state index in [0.717, 1.165) is 7.14 Å². The van der Waals surface area contributed by atoms with Crippen molar-refractivity contribution in [1.82, 2.24) is 0 Å². The zero-order valence-corrected chi connectivity index (χ0v) is 22.2. The van der Waals surface area contributed by atoms with Crippen LogP contribution in [0, 0.1) is 13.1 Å². The van der Waals surface area contributed by atoms with Crippen molar-refractivity contribution in [2.45, 2.75) is 47.0 Å². The van der Waals surface area contributed by atoms with Gasteiger partial charge in [0.15, 0.2) is 16.3 Å². The molecular formula is C18H14F3I2O8S2-. The van der Waals surface area contributed by atoms with E-state index in [1.54, 1.807) is 12.1 Å². The van der Waals surface area contributed by atoms with E-state index in [9.17, 15) is 35.7 Å². The second kappa shape index (κ2) is 8.85. The van der Waals surface area contributed by atoms with E-state index in [0.29, 0.717) is 11.3 Å². The molecule has 0 N–H and O–H groups in total. The van der Waals surface area contributed by atoms with Gasteiger partial charge in [-0.25, -0.2) is 17.6 Å². The van der Waals surface area contributed by atoms with E-state index in [-0.39, 0.29) is 23.3 Å². The van der Waals surface area contributed by atoms with Gasteiger partial charge >= 0.3 is 17.2 Å². The van der Waals surface area contributed by atoms with Crippen LogP contribution < -0.4 is 4.74 Å². The Hall–Kier alpha value is -0.530. The molecule has 4 rings (SSSR count). The predicted octanol–water partition coefficient (Wildman–Crippen LogP) is 3.44. The van der Waals surface area contributed by atoms with Crippen LogP contribution >= 0.6 is 56.9 Å². The number of alkyl halides is 3. The highest BCUT2D eigenvalue weighted by molar-refractivity contribution is 14.1. The lowest BCUT2D eigenvalue weighted by atomic mass is 9.84. The van der Waals surface area contributed by atoms with E-state index < -0.39 is 58.2 Å². The number of hydrogen-bond donors (Lipinski definition) is 0. The van der Waals surface area contributed by atoms with Gasteiger partial charge in [0.05, 0.1) is 17.8 Å². The van der Waals surface area contributed by atoms with E-state index in [1.807, 2.05) is 0 Å². The lowest BCUT2D eigenvalue weighted by molar-refractivity contribution is -0.172. The van der Waals surface area contributed by atoms with Gasteiger partial charge in [0, 0.05) is 25.2 Å². The molecule has 1 aromatic carbocycles. The number of rotatable bonds is 6. The quantitative estimate of drug-likeness (QED) is 0.246. The van der Waals surface area contributed by atoms with Crippen molar-refractivity contribution in [3.05, 3.63) is 24.8 Å². The molecule has 3 aliphatic heterocycles. The van der Waals surface area contributed by atoms with Crippen LogP contribution in [0.25, 0.3) is 0 Å². The summed E-state index contributed by atoms with van der Waals surface area (Å²) in [5.74, 6) is -2.79. The number of thioether (sulfide) groups is 1. The van der Waals surface area contributed by atoms with Crippen molar-refractivity contribution in [2.24, 2.45) is 5.92 Å². The molecular weight excluding hydrogens is 719 g/mol. The first kappa shape index (κ1) is 25.6. The molecule has 15 heteroatoms. The normalized spacial score (nSPS) is 29.4. The van der Waals surface area contributed by atoms with Crippen LogP contribution in [0.5, 0.6) is 5.75 Å². The van der Waals surface area contributed by atoms with E-state index in [4.69, 9.17) is 14.2 Å². The number of hydrogen-bond acceptors (Lipinski definition) is 9. The molecule has 2 saturated heterocycles. The summed E-state index contributed by atoms with van der Waals surface area (Å²) < 4.78 is 89.6. The summed E-state index contributed by atoms with van der Waals surface area (Å²) in [4.78, 5) is 25.0. The Labute approximate surface area is 217 Å². The third kappa shape index (κ3) is 4.55. The van der Waals surface area contributed by atoms with Gasteiger partial charge in [-0.15, -0.1) is 11.8 Å². The third-order valence-corrected chi connectivity index (χ3v) is 11.1. The standard InChI is InChI=1S/C18H15F3I2O8S2/c19-13(18(20,21)33(26,27)28)1-2-29-15(24)8-4-14-17(6-12(8)32-14)30-11-5-10(23)9(22)3-7(11)16(25)31-17/h3,5,8,12-14H,1-2,4,6H2,(H,26,27,28)/p-1. The number of ether oxygens (including phenoxy) is 3. The molecule has 0 aromatic heterocycles. The smallest absolute Gasteiger partial charge is 0.364 e. The number of benzene rings is 1. The van der Waals surface area contributed by atoms with Gasteiger partial charge in [0.25, 0.3) is 5.79 Å². The fourth-order valence-corrected chi connectivity index (χ4v) is 7.20. The molecule has 0 saturated carbocycles. The monoisotopic (exact) mass is 733 g/mol. The van der Waals surface area contributed by atoms with Crippen molar-refractivity contribution in [1.29, 1.82) is 0 Å². The summed E-state index contributed by atoms with van der Waals surface area (Å²) in [6, 6.07) is 3.42. The highest BCUT2D eigenvalue weighted by Crippen LogP contribution is 2.58. The van der Waals surface area contributed by atoms with Gasteiger partial charge in [-0.2, -0.15) is 8.78 Å². The largest absolute Gasteiger partial charge is 0.743 e. The molecule has 1 spiro atoms. The van der Waals surface area contributed by atoms with Gasteiger partial charge in [-0.05, 0) is 63.7 Å². The summed E-state index contributed by atoms with van der Waals surface area (Å²) in [7, 11) is -6.18. The molecule has 5 atom stereocenters. The number of carbonyl (C=O) groups is 2. The van der Waals surface area contributed by atoms with Gasteiger partial charge in [0.2, 0.25) is 0 Å². The van der Waals surface area contributed by atoms with Crippen LogP contribution in [0.3, 0.4) is 0 Å². The summed E-state index contributed by atoms with van der Waals surface area (Å²) in [6.07, 6.45) is -4.02. The van der Waals surface area contributed by atoms with Gasteiger partial charge in [0.1, 0.15) is 11.3 Å². The number of fused-ring (bicyclic) bond motifs is 4. The van der Waals surface area contributed by atoms with Crippen molar-refractivity contribution < 1.29 is 49.9 Å². The fraction of sp³-hybridized carbons (Fsp3) is 0.556. The Balaban J connectivity index is 1.36. The highest BCUT2D eigenvalue weighted by atomic mass is 127. The molecule has 0 amide bonds. The molecule has 2 bridgehead atoms. The maximum absolute atomic E-state index is 13.5. The molecule has 1 aromatic rings. The van der Waals surface area contributed by atoms with E-state index in [1.165, 1.54) is 11.8 Å². The van der Waals surface area contributed by atoms with Gasteiger partial charge in [-0.1, -0.05) is 0 Å². The van der Waals surface area contributed by atoms with Crippen LogP contribution in [-0.2, 0) is 24.4 Å². The minimum Gasteiger partial charge on any atom is -0.743 e. The van der Waals surface area contributed by atoms with Crippen LogP contribution in [0.1, 0.15) is 29.6 Å². The van der Waals surface area contributed by atoms with Crippen molar-refractivity contribution in [3.8, 4) is 5.75 Å². The number of esters is 2. The van der Waals surface area contributed by atoms with Gasteiger partial charge in [-0.3, -0.25) is 4.79 Å². The minimum absolute atomic E-state index is 0.202. The Kier molecular flexibility index (Phi) is 6.85. The number of carbonyl (C=O) groups excluding carboxylic acids is 2. The lowest BCUT2D eigenvalue weighted by Crippen LogP contribution is -2.53. The molecule has 3 aliphatic rings. The lowest BCUT2D eigenvalue weighted by Gasteiger charge is -2.40. The average molecular weight is 733 g/mol. The molecule has 5 unspecified atom stereocenters. The SMILES string of the molecule is O=C1OC2(CC3SC2CC3C(=O)OCCC(F)C(F)(F)S(=O)(=O)[O-])Oc2cc(I)c(I)cc21. The summed E-state index contributed by atoms with van der Waals surface area (Å²) in [5, 5.41) is -5.83. The van der Waals surface area contributed by atoms with Gasteiger partial charge < -0.3 is 18.8 Å². The third-order valence-electron chi connectivity index (χ3n) is 5.64. The van der Waals surface area contributed by atoms with E-state index >= 15 is 0 Å². The van der Waals surface area contributed by atoms with Crippen molar-refractivity contribution in [2.75, 3.05) is 6.61 Å². The first-order valence-electron chi connectivity index (χ1n) is 9.46. The molecule has 182 valence electrons.